The van der Waals surface area contributed by atoms with E-state index in [4.69, 9.17) is 10.6 Å². The Bertz CT molecular complexity index is 716. The Morgan fingerprint density at radius 2 is 1.00 bits per heavy atom. The van der Waals surface area contributed by atoms with Gasteiger partial charge in [-0.1, -0.05) is 120 Å². The quantitative estimate of drug-likeness (QED) is 0.0954. The molecular formula is C29H48O3S. The molecule has 0 saturated carbocycles. The van der Waals surface area contributed by atoms with Gasteiger partial charge in [-0.3, -0.25) is 4.18 Å². The lowest BCUT2D eigenvalue weighted by Gasteiger charge is -2.06. The predicted molar refractivity (Wildman–Crippen MR) is 141 cm³/mol. The number of hydrogen-bond acceptors (Lipinski definition) is 3. The van der Waals surface area contributed by atoms with E-state index >= 15 is 0 Å². The molecule has 0 aliphatic rings. The van der Waals surface area contributed by atoms with Gasteiger partial charge in [0.15, 0.2) is 0 Å². The Balaban J connectivity index is 1.79. The number of benzene rings is 1. The largest absolute Gasteiger partial charge is 0.296 e. The third-order valence-electron chi connectivity index (χ3n) is 6.26. The Morgan fingerprint density at radius 3 is 1.39 bits per heavy atom. The average Bonchev–Trinajstić information content (AvgIpc) is 2.80. The number of rotatable bonds is 22. The molecule has 1 aromatic rings. The lowest BCUT2D eigenvalue weighted by atomic mass is 10.0. The van der Waals surface area contributed by atoms with E-state index in [2.05, 4.69) is 5.92 Å². The van der Waals surface area contributed by atoms with Crippen molar-refractivity contribution in [1.29, 1.82) is 0 Å². The van der Waals surface area contributed by atoms with E-state index in [9.17, 15) is 8.42 Å². The second kappa shape index (κ2) is 20.1. The predicted octanol–water partition coefficient (Wildman–Crippen LogP) is 8.75. The summed E-state index contributed by atoms with van der Waals surface area (Å²) in [4.78, 5) is 0.246. The molecule has 0 spiro atoms. The second-order valence-electron chi connectivity index (χ2n) is 9.41. The van der Waals surface area contributed by atoms with Crippen LogP contribution in [0.2, 0.25) is 0 Å². The van der Waals surface area contributed by atoms with Crippen molar-refractivity contribution in [2.45, 2.75) is 134 Å². The van der Waals surface area contributed by atoms with Crippen LogP contribution in [-0.4, -0.2) is 15.0 Å². The summed E-state index contributed by atoms with van der Waals surface area (Å²) in [5, 5.41) is 0. The van der Waals surface area contributed by atoms with E-state index in [1.807, 2.05) is 6.92 Å². The van der Waals surface area contributed by atoms with Crippen LogP contribution in [0.4, 0.5) is 0 Å². The maximum atomic E-state index is 12.1. The van der Waals surface area contributed by atoms with Crippen molar-refractivity contribution in [3.05, 3.63) is 29.8 Å². The Hall–Kier alpha value is -1.31. The number of terminal acetylenes is 1. The number of unbranched alkanes of at least 4 members (excludes halogenated alkanes) is 18. The first-order chi connectivity index (χ1) is 16.1. The van der Waals surface area contributed by atoms with Gasteiger partial charge in [-0.05, 0) is 31.9 Å². The molecular weight excluding hydrogens is 428 g/mol. The van der Waals surface area contributed by atoms with Gasteiger partial charge in [0.2, 0.25) is 0 Å². The maximum Gasteiger partial charge on any atom is 0.296 e. The van der Waals surface area contributed by atoms with E-state index in [1.165, 1.54) is 96.3 Å². The molecule has 3 nitrogen and oxygen atoms in total. The van der Waals surface area contributed by atoms with Gasteiger partial charge >= 0.3 is 0 Å². The van der Waals surface area contributed by atoms with Gasteiger partial charge in [0.05, 0.1) is 11.5 Å². The smallest absolute Gasteiger partial charge is 0.266 e. The Labute approximate surface area is 205 Å². The van der Waals surface area contributed by atoms with Crippen LogP contribution in [0.3, 0.4) is 0 Å². The van der Waals surface area contributed by atoms with E-state index in [-0.39, 0.29) is 11.5 Å². The van der Waals surface area contributed by atoms with E-state index in [0.717, 1.165) is 31.2 Å². The van der Waals surface area contributed by atoms with Crippen molar-refractivity contribution >= 4 is 10.1 Å². The third-order valence-corrected chi connectivity index (χ3v) is 7.59. The molecule has 0 saturated heterocycles. The zero-order valence-corrected chi connectivity index (χ0v) is 22.0. The van der Waals surface area contributed by atoms with Crippen molar-refractivity contribution in [3.63, 3.8) is 0 Å². The molecule has 0 aliphatic heterocycles. The van der Waals surface area contributed by atoms with Crippen LogP contribution in [0.1, 0.15) is 128 Å². The molecule has 0 N–H and O–H groups in total. The molecule has 0 aliphatic carbocycles. The molecule has 0 heterocycles. The van der Waals surface area contributed by atoms with Crippen molar-refractivity contribution in [2.24, 2.45) is 0 Å². The first-order valence-electron chi connectivity index (χ1n) is 13.5. The molecule has 1 rings (SSSR count). The lowest BCUT2D eigenvalue weighted by molar-refractivity contribution is 0.306. The summed E-state index contributed by atoms with van der Waals surface area (Å²) >= 11 is 0. The molecule has 0 unspecified atom stereocenters. The molecule has 0 radical (unpaired) electrons. The van der Waals surface area contributed by atoms with Crippen LogP contribution in [0.25, 0.3) is 0 Å². The zero-order chi connectivity index (χ0) is 24.0. The van der Waals surface area contributed by atoms with Crippen LogP contribution >= 0.6 is 0 Å². The van der Waals surface area contributed by atoms with Crippen LogP contribution in [0.5, 0.6) is 0 Å². The summed E-state index contributed by atoms with van der Waals surface area (Å²) in [5.41, 5.74) is 1.04. The SMILES string of the molecule is C#CCCCCCCCCCCCCCCCCCCCCOS(=O)(=O)c1ccc(C)cc1. The monoisotopic (exact) mass is 476 g/mol. The number of hydrogen-bond donors (Lipinski definition) is 0. The molecule has 0 aromatic heterocycles. The zero-order valence-electron chi connectivity index (χ0n) is 21.2. The summed E-state index contributed by atoms with van der Waals surface area (Å²) in [6.07, 6.45) is 29.4. The maximum absolute atomic E-state index is 12.1. The minimum Gasteiger partial charge on any atom is -0.266 e. The van der Waals surface area contributed by atoms with Crippen LogP contribution in [-0.2, 0) is 14.3 Å². The summed E-state index contributed by atoms with van der Waals surface area (Å²) in [7, 11) is -3.61. The normalized spacial score (nSPS) is 11.5. The molecule has 188 valence electrons. The fraction of sp³-hybridized carbons (Fsp3) is 0.724. The molecule has 0 fully saturated rings. The molecule has 0 atom stereocenters. The van der Waals surface area contributed by atoms with Crippen molar-refractivity contribution in [3.8, 4) is 12.3 Å². The summed E-state index contributed by atoms with van der Waals surface area (Å²) < 4.78 is 29.4. The first kappa shape index (κ1) is 29.7. The van der Waals surface area contributed by atoms with Gasteiger partial charge in [0.25, 0.3) is 10.1 Å². The van der Waals surface area contributed by atoms with Crippen molar-refractivity contribution in [2.75, 3.05) is 6.61 Å². The minimum absolute atomic E-state index is 0.246. The third kappa shape index (κ3) is 16.9. The van der Waals surface area contributed by atoms with Gasteiger partial charge in [-0.2, -0.15) is 8.42 Å². The Kier molecular flexibility index (Phi) is 18.1. The van der Waals surface area contributed by atoms with E-state index in [0.29, 0.717) is 0 Å². The standard InChI is InChI=1S/C29H48O3S/c1-3-4-5-6-7-8-9-10-11-12-13-14-15-16-17-18-19-20-21-22-27-32-33(30,31)29-25-23-28(2)24-26-29/h1,23-26H,4-22,27H2,2H3. The van der Waals surface area contributed by atoms with Gasteiger partial charge in [0.1, 0.15) is 0 Å². The van der Waals surface area contributed by atoms with E-state index < -0.39 is 10.1 Å². The summed E-state index contributed by atoms with van der Waals surface area (Å²) in [5.74, 6) is 2.72. The van der Waals surface area contributed by atoms with Crippen LogP contribution in [0, 0.1) is 19.3 Å². The minimum atomic E-state index is -3.61. The summed E-state index contributed by atoms with van der Waals surface area (Å²) in [6, 6.07) is 6.81. The highest BCUT2D eigenvalue weighted by Crippen LogP contribution is 2.16. The van der Waals surface area contributed by atoms with Crippen LogP contribution in [0.15, 0.2) is 29.2 Å². The summed E-state index contributed by atoms with van der Waals surface area (Å²) in [6.45, 7) is 2.22. The van der Waals surface area contributed by atoms with Gasteiger partial charge < -0.3 is 0 Å². The number of aryl methyl sites for hydroxylation is 1. The first-order valence-corrected chi connectivity index (χ1v) is 14.9. The van der Waals surface area contributed by atoms with Crippen molar-refractivity contribution in [1.82, 2.24) is 0 Å². The molecule has 33 heavy (non-hydrogen) atoms. The molecule has 1 aromatic carbocycles. The average molecular weight is 477 g/mol. The van der Waals surface area contributed by atoms with Gasteiger partial charge in [-0.15, -0.1) is 12.3 Å². The lowest BCUT2D eigenvalue weighted by Crippen LogP contribution is -2.07. The highest BCUT2D eigenvalue weighted by atomic mass is 32.2. The van der Waals surface area contributed by atoms with Crippen molar-refractivity contribution < 1.29 is 12.6 Å². The van der Waals surface area contributed by atoms with E-state index in [1.54, 1.807) is 24.3 Å². The fourth-order valence-electron chi connectivity index (χ4n) is 4.10. The second-order valence-corrected chi connectivity index (χ2v) is 11.0. The highest BCUT2D eigenvalue weighted by molar-refractivity contribution is 7.86. The molecule has 0 bridgehead atoms. The van der Waals surface area contributed by atoms with Gasteiger partial charge in [-0.25, -0.2) is 0 Å². The Morgan fingerprint density at radius 1 is 0.636 bits per heavy atom. The topological polar surface area (TPSA) is 43.4 Å². The highest BCUT2D eigenvalue weighted by Gasteiger charge is 2.14. The van der Waals surface area contributed by atoms with Crippen LogP contribution < -0.4 is 0 Å². The fourth-order valence-corrected chi connectivity index (χ4v) is 5.04. The molecule has 4 heteroatoms. The van der Waals surface area contributed by atoms with Gasteiger partial charge in [0, 0.05) is 6.42 Å². The molecule has 0 amide bonds.